The van der Waals surface area contributed by atoms with Gasteiger partial charge in [-0.1, -0.05) is 42.9 Å². The standard InChI is InChI=1S/C10H18INO3/c1-4-7(2)5-9(13)12-6-8(11)10(14)15-3/h7-8H,4-6H2,1-3H3,(H,12,13). The second kappa shape index (κ2) is 7.90. The Labute approximate surface area is 104 Å². The smallest absolute Gasteiger partial charge is 0.320 e. The fraction of sp³-hybridized carbons (Fsp3) is 0.800. The van der Waals surface area contributed by atoms with E-state index < -0.39 is 0 Å². The lowest BCUT2D eigenvalue weighted by Crippen LogP contribution is -2.34. The van der Waals surface area contributed by atoms with Crippen LogP contribution in [0.4, 0.5) is 0 Å². The maximum Gasteiger partial charge on any atom is 0.320 e. The van der Waals surface area contributed by atoms with Crippen LogP contribution in [0, 0.1) is 5.92 Å². The molecule has 1 N–H and O–H groups in total. The number of hydrogen-bond donors (Lipinski definition) is 1. The first-order valence-electron chi connectivity index (χ1n) is 4.99. The van der Waals surface area contributed by atoms with Crippen molar-refractivity contribution in [3.63, 3.8) is 0 Å². The van der Waals surface area contributed by atoms with E-state index in [0.29, 0.717) is 18.9 Å². The van der Waals surface area contributed by atoms with Crippen molar-refractivity contribution in [3.05, 3.63) is 0 Å². The third-order valence-corrected chi connectivity index (χ3v) is 3.12. The lowest BCUT2D eigenvalue weighted by atomic mass is 10.1. The Morgan fingerprint density at radius 3 is 2.53 bits per heavy atom. The monoisotopic (exact) mass is 327 g/mol. The summed E-state index contributed by atoms with van der Waals surface area (Å²) < 4.78 is 4.24. The number of rotatable bonds is 6. The SMILES string of the molecule is CCC(C)CC(=O)NCC(I)C(=O)OC. The van der Waals surface area contributed by atoms with Crippen LogP contribution >= 0.6 is 22.6 Å². The molecule has 0 fully saturated rings. The van der Waals surface area contributed by atoms with Gasteiger partial charge in [-0.05, 0) is 5.92 Å². The van der Waals surface area contributed by atoms with Crippen LogP contribution in [0.25, 0.3) is 0 Å². The van der Waals surface area contributed by atoms with E-state index >= 15 is 0 Å². The van der Waals surface area contributed by atoms with Gasteiger partial charge in [0.05, 0.1) is 7.11 Å². The molecule has 0 aromatic carbocycles. The van der Waals surface area contributed by atoms with Crippen molar-refractivity contribution in [2.24, 2.45) is 5.92 Å². The third kappa shape index (κ3) is 6.70. The zero-order valence-electron chi connectivity index (χ0n) is 9.38. The van der Waals surface area contributed by atoms with Crippen molar-refractivity contribution in [2.45, 2.75) is 30.6 Å². The zero-order valence-corrected chi connectivity index (χ0v) is 11.5. The normalized spacial score (nSPS) is 14.1. The second-order valence-corrected chi connectivity index (χ2v) is 5.02. The van der Waals surface area contributed by atoms with Crippen molar-refractivity contribution in [3.8, 4) is 0 Å². The average molecular weight is 327 g/mol. The molecule has 0 saturated carbocycles. The first-order chi connectivity index (χ1) is 7.01. The molecule has 0 spiro atoms. The summed E-state index contributed by atoms with van der Waals surface area (Å²) in [5.41, 5.74) is 0. The molecule has 0 aliphatic carbocycles. The molecular weight excluding hydrogens is 309 g/mol. The molecule has 0 heterocycles. The van der Waals surface area contributed by atoms with Crippen LogP contribution < -0.4 is 5.32 Å². The van der Waals surface area contributed by atoms with E-state index in [1.54, 1.807) is 0 Å². The van der Waals surface area contributed by atoms with Gasteiger partial charge in [-0.3, -0.25) is 9.59 Å². The number of methoxy groups -OCH3 is 1. The Morgan fingerprint density at radius 1 is 1.47 bits per heavy atom. The number of halogens is 1. The topological polar surface area (TPSA) is 55.4 Å². The molecule has 0 rings (SSSR count). The highest BCUT2D eigenvalue weighted by Crippen LogP contribution is 2.06. The highest BCUT2D eigenvalue weighted by molar-refractivity contribution is 14.1. The van der Waals surface area contributed by atoms with Gasteiger partial charge >= 0.3 is 5.97 Å². The Morgan fingerprint density at radius 2 is 2.07 bits per heavy atom. The van der Waals surface area contributed by atoms with Crippen molar-refractivity contribution < 1.29 is 14.3 Å². The number of amides is 1. The molecule has 5 heteroatoms. The molecule has 0 aromatic rings. The number of carbonyl (C=O) groups excluding carboxylic acids is 2. The summed E-state index contributed by atoms with van der Waals surface area (Å²) in [6.45, 7) is 4.41. The lowest BCUT2D eigenvalue weighted by Gasteiger charge is -2.11. The Hall–Kier alpha value is -0.330. The van der Waals surface area contributed by atoms with Crippen LogP contribution in [0.1, 0.15) is 26.7 Å². The van der Waals surface area contributed by atoms with Gasteiger partial charge in [0.2, 0.25) is 5.91 Å². The van der Waals surface area contributed by atoms with Gasteiger partial charge in [-0.25, -0.2) is 0 Å². The highest BCUT2D eigenvalue weighted by Gasteiger charge is 2.16. The van der Waals surface area contributed by atoms with E-state index in [-0.39, 0.29) is 15.8 Å². The van der Waals surface area contributed by atoms with Crippen LogP contribution in [-0.2, 0) is 14.3 Å². The fourth-order valence-electron chi connectivity index (χ4n) is 0.948. The molecule has 0 aliphatic heterocycles. The molecule has 0 saturated heterocycles. The fourth-order valence-corrected chi connectivity index (χ4v) is 1.42. The number of alkyl halides is 1. The maximum absolute atomic E-state index is 11.4. The Bertz CT molecular complexity index is 221. The van der Waals surface area contributed by atoms with Gasteiger partial charge in [-0.15, -0.1) is 0 Å². The van der Waals surface area contributed by atoms with E-state index in [9.17, 15) is 9.59 Å². The number of nitrogens with one attached hydrogen (secondary N) is 1. The van der Waals surface area contributed by atoms with E-state index in [1.807, 2.05) is 36.4 Å². The highest BCUT2D eigenvalue weighted by atomic mass is 127. The number of carbonyl (C=O) groups is 2. The van der Waals surface area contributed by atoms with Gasteiger partial charge < -0.3 is 10.1 Å². The summed E-state index contributed by atoms with van der Waals surface area (Å²) in [7, 11) is 1.34. The predicted molar refractivity (Wildman–Crippen MR) is 66.9 cm³/mol. The van der Waals surface area contributed by atoms with E-state index in [4.69, 9.17) is 0 Å². The summed E-state index contributed by atoms with van der Waals surface area (Å²) in [4.78, 5) is 22.4. The lowest BCUT2D eigenvalue weighted by molar-refractivity contribution is -0.139. The van der Waals surface area contributed by atoms with E-state index in [1.165, 1.54) is 7.11 Å². The molecule has 15 heavy (non-hydrogen) atoms. The van der Waals surface area contributed by atoms with Crippen molar-refractivity contribution in [2.75, 3.05) is 13.7 Å². The van der Waals surface area contributed by atoms with Crippen LogP contribution in [-0.4, -0.2) is 29.5 Å². The molecule has 2 unspecified atom stereocenters. The first-order valence-corrected chi connectivity index (χ1v) is 6.24. The van der Waals surface area contributed by atoms with Crippen LogP contribution in [0.3, 0.4) is 0 Å². The van der Waals surface area contributed by atoms with Gasteiger partial charge in [0.1, 0.15) is 3.92 Å². The zero-order chi connectivity index (χ0) is 11.8. The quantitative estimate of drug-likeness (QED) is 0.457. The van der Waals surface area contributed by atoms with Crippen LogP contribution in [0.2, 0.25) is 0 Å². The number of esters is 1. The van der Waals surface area contributed by atoms with Gasteiger partial charge in [0, 0.05) is 13.0 Å². The molecule has 1 amide bonds. The van der Waals surface area contributed by atoms with Gasteiger partial charge in [0.15, 0.2) is 0 Å². The average Bonchev–Trinajstić information content (AvgIpc) is 2.24. The molecule has 0 aliphatic rings. The van der Waals surface area contributed by atoms with Crippen LogP contribution in [0.15, 0.2) is 0 Å². The third-order valence-electron chi connectivity index (χ3n) is 2.17. The number of hydrogen-bond acceptors (Lipinski definition) is 3. The van der Waals surface area contributed by atoms with Crippen molar-refractivity contribution in [1.82, 2.24) is 5.32 Å². The van der Waals surface area contributed by atoms with Gasteiger partial charge in [0.25, 0.3) is 0 Å². The molecule has 4 nitrogen and oxygen atoms in total. The molecule has 0 bridgehead atoms. The van der Waals surface area contributed by atoms with Gasteiger partial charge in [-0.2, -0.15) is 0 Å². The van der Waals surface area contributed by atoms with E-state index in [2.05, 4.69) is 10.1 Å². The molecular formula is C10H18INO3. The summed E-state index contributed by atoms with van der Waals surface area (Å²) in [6, 6.07) is 0. The molecule has 0 radical (unpaired) electrons. The predicted octanol–water partition coefficient (Wildman–Crippen LogP) is 1.52. The summed E-state index contributed by atoms with van der Waals surface area (Å²) in [5.74, 6) is 0.0742. The largest absolute Gasteiger partial charge is 0.468 e. The second-order valence-electron chi connectivity index (χ2n) is 3.51. The Kier molecular flexibility index (Phi) is 7.72. The Balaban J connectivity index is 3.75. The maximum atomic E-state index is 11.4. The van der Waals surface area contributed by atoms with Crippen molar-refractivity contribution in [1.29, 1.82) is 0 Å². The molecule has 2 atom stereocenters. The summed E-state index contributed by atoms with van der Waals surface area (Å²) in [5, 5.41) is 2.72. The van der Waals surface area contributed by atoms with E-state index in [0.717, 1.165) is 6.42 Å². The van der Waals surface area contributed by atoms with Crippen LogP contribution in [0.5, 0.6) is 0 Å². The summed E-state index contributed by atoms with van der Waals surface area (Å²) >= 11 is 1.95. The minimum Gasteiger partial charge on any atom is -0.468 e. The minimum absolute atomic E-state index is 0.00470. The minimum atomic E-state index is -0.312. The molecule has 88 valence electrons. The summed E-state index contributed by atoms with van der Waals surface area (Å²) in [6.07, 6.45) is 1.50. The van der Waals surface area contributed by atoms with Crippen molar-refractivity contribution >= 4 is 34.5 Å². The number of ether oxygens (including phenoxy) is 1. The first kappa shape index (κ1) is 14.7. The molecule has 0 aromatic heterocycles.